The Labute approximate surface area is 85.9 Å². The molecule has 0 heterocycles. The van der Waals surface area contributed by atoms with Gasteiger partial charge in [-0.05, 0) is 26.7 Å². The van der Waals surface area contributed by atoms with Crippen LogP contribution >= 0.6 is 0 Å². The van der Waals surface area contributed by atoms with Crippen LogP contribution in [0.1, 0.15) is 33.6 Å². The first-order valence-electron chi connectivity index (χ1n) is 5.10. The highest BCUT2D eigenvalue weighted by molar-refractivity contribution is 5.81. The molecule has 0 spiro atoms. The molecule has 0 aromatic rings. The van der Waals surface area contributed by atoms with E-state index in [-0.39, 0.29) is 12.0 Å². The highest BCUT2D eigenvalue weighted by Crippen LogP contribution is 2.11. The van der Waals surface area contributed by atoms with Crippen molar-refractivity contribution in [3.63, 3.8) is 0 Å². The zero-order valence-corrected chi connectivity index (χ0v) is 9.34. The van der Waals surface area contributed by atoms with E-state index in [4.69, 9.17) is 5.73 Å². The molecule has 1 unspecified atom stereocenters. The van der Waals surface area contributed by atoms with E-state index in [0.717, 1.165) is 6.42 Å². The molecule has 0 aliphatic heterocycles. The van der Waals surface area contributed by atoms with Crippen LogP contribution < -0.4 is 11.1 Å². The molecule has 0 fully saturated rings. The minimum Gasteiger partial charge on any atom is -0.393 e. The molecule has 0 radical (unpaired) electrons. The van der Waals surface area contributed by atoms with Gasteiger partial charge in [0.1, 0.15) is 0 Å². The molecule has 0 aromatic heterocycles. The zero-order chi connectivity index (χ0) is 11.2. The number of carbonyl (C=O) groups excluding carboxylic acids is 1. The number of amides is 1. The fourth-order valence-electron chi connectivity index (χ4n) is 0.888. The van der Waals surface area contributed by atoms with Crippen LogP contribution in [0.15, 0.2) is 0 Å². The third kappa shape index (κ3) is 4.58. The van der Waals surface area contributed by atoms with Crippen molar-refractivity contribution < 1.29 is 9.90 Å². The smallest absolute Gasteiger partial charge is 0.226 e. The van der Waals surface area contributed by atoms with Crippen molar-refractivity contribution in [3.8, 4) is 0 Å². The summed E-state index contributed by atoms with van der Waals surface area (Å²) in [6.45, 7) is 6.36. The van der Waals surface area contributed by atoms with Gasteiger partial charge in [-0.2, -0.15) is 0 Å². The second-order valence-corrected chi connectivity index (χ2v) is 4.19. The third-order valence-corrected chi connectivity index (χ3v) is 2.36. The highest BCUT2D eigenvalue weighted by atomic mass is 16.3. The van der Waals surface area contributed by atoms with Crippen molar-refractivity contribution in [1.82, 2.24) is 5.32 Å². The van der Waals surface area contributed by atoms with E-state index >= 15 is 0 Å². The molecule has 0 aliphatic carbocycles. The van der Waals surface area contributed by atoms with Crippen molar-refractivity contribution in [2.24, 2.45) is 11.1 Å². The van der Waals surface area contributed by atoms with Gasteiger partial charge in [0.15, 0.2) is 0 Å². The summed E-state index contributed by atoms with van der Waals surface area (Å²) >= 11 is 0. The van der Waals surface area contributed by atoms with Crippen molar-refractivity contribution in [3.05, 3.63) is 0 Å². The predicted molar refractivity (Wildman–Crippen MR) is 56.8 cm³/mol. The molecule has 14 heavy (non-hydrogen) atoms. The zero-order valence-electron chi connectivity index (χ0n) is 9.34. The number of hydrogen-bond acceptors (Lipinski definition) is 3. The molecule has 1 amide bonds. The van der Waals surface area contributed by atoms with Crippen LogP contribution in [0.2, 0.25) is 0 Å². The Balaban J connectivity index is 3.75. The fraction of sp³-hybridized carbons (Fsp3) is 0.900. The van der Waals surface area contributed by atoms with Crippen LogP contribution in [0.3, 0.4) is 0 Å². The van der Waals surface area contributed by atoms with E-state index in [9.17, 15) is 9.90 Å². The van der Waals surface area contributed by atoms with Crippen LogP contribution in [0.5, 0.6) is 0 Å². The SMILES string of the molecule is CCC(O)CCNC(=O)C(C)(C)CN. The number of aliphatic hydroxyl groups is 1. The summed E-state index contributed by atoms with van der Waals surface area (Å²) in [5, 5.41) is 12.0. The average Bonchev–Trinajstić information content (AvgIpc) is 2.17. The van der Waals surface area contributed by atoms with Crippen LogP contribution in [-0.2, 0) is 4.79 Å². The molecule has 0 saturated carbocycles. The van der Waals surface area contributed by atoms with Crippen LogP contribution in [0.4, 0.5) is 0 Å². The lowest BCUT2D eigenvalue weighted by Crippen LogP contribution is -2.42. The van der Waals surface area contributed by atoms with E-state index in [1.165, 1.54) is 0 Å². The van der Waals surface area contributed by atoms with Gasteiger partial charge in [-0.3, -0.25) is 4.79 Å². The van der Waals surface area contributed by atoms with Crippen molar-refractivity contribution >= 4 is 5.91 Å². The van der Waals surface area contributed by atoms with E-state index in [0.29, 0.717) is 19.5 Å². The number of carbonyl (C=O) groups is 1. The summed E-state index contributed by atoms with van der Waals surface area (Å²) in [5.41, 5.74) is 4.94. The fourth-order valence-corrected chi connectivity index (χ4v) is 0.888. The minimum atomic E-state index is -0.517. The van der Waals surface area contributed by atoms with Crippen LogP contribution in [-0.4, -0.2) is 30.2 Å². The Bertz CT molecular complexity index is 181. The van der Waals surface area contributed by atoms with E-state index in [2.05, 4.69) is 5.32 Å². The van der Waals surface area contributed by atoms with Gasteiger partial charge in [0, 0.05) is 13.1 Å². The van der Waals surface area contributed by atoms with E-state index in [1.807, 2.05) is 6.92 Å². The maximum absolute atomic E-state index is 11.5. The minimum absolute atomic E-state index is 0.0525. The highest BCUT2D eigenvalue weighted by Gasteiger charge is 2.25. The van der Waals surface area contributed by atoms with Gasteiger partial charge in [-0.25, -0.2) is 0 Å². The molecule has 84 valence electrons. The molecule has 0 bridgehead atoms. The Morgan fingerprint density at radius 2 is 2.14 bits per heavy atom. The lowest BCUT2D eigenvalue weighted by Gasteiger charge is -2.21. The topological polar surface area (TPSA) is 75.3 Å². The molecule has 4 nitrogen and oxygen atoms in total. The first-order valence-corrected chi connectivity index (χ1v) is 5.10. The van der Waals surface area contributed by atoms with Crippen molar-refractivity contribution in [2.75, 3.05) is 13.1 Å². The predicted octanol–water partition coefficient (Wildman–Crippen LogP) is 0.249. The molecule has 4 heteroatoms. The normalized spacial score (nSPS) is 13.8. The lowest BCUT2D eigenvalue weighted by molar-refractivity contribution is -0.128. The second-order valence-electron chi connectivity index (χ2n) is 4.19. The van der Waals surface area contributed by atoms with Crippen LogP contribution in [0.25, 0.3) is 0 Å². The Morgan fingerprint density at radius 1 is 1.57 bits per heavy atom. The summed E-state index contributed by atoms with van der Waals surface area (Å²) in [4.78, 5) is 11.5. The summed E-state index contributed by atoms with van der Waals surface area (Å²) in [6, 6.07) is 0. The number of aliphatic hydroxyl groups excluding tert-OH is 1. The first-order chi connectivity index (χ1) is 6.44. The van der Waals surface area contributed by atoms with Gasteiger partial charge in [-0.1, -0.05) is 6.92 Å². The van der Waals surface area contributed by atoms with Crippen LogP contribution in [0, 0.1) is 5.41 Å². The van der Waals surface area contributed by atoms with E-state index < -0.39 is 5.41 Å². The lowest BCUT2D eigenvalue weighted by atomic mass is 9.93. The molecule has 0 rings (SSSR count). The van der Waals surface area contributed by atoms with Gasteiger partial charge < -0.3 is 16.2 Å². The average molecular weight is 202 g/mol. The number of nitrogens with two attached hydrogens (primary N) is 1. The van der Waals surface area contributed by atoms with Gasteiger partial charge in [-0.15, -0.1) is 0 Å². The first kappa shape index (κ1) is 13.4. The Kier molecular flexibility index (Phi) is 5.72. The molecular weight excluding hydrogens is 180 g/mol. The molecule has 0 saturated heterocycles. The quantitative estimate of drug-likeness (QED) is 0.578. The number of rotatable bonds is 6. The van der Waals surface area contributed by atoms with Gasteiger partial charge in [0.25, 0.3) is 0 Å². The summed E-state index contributed by atoms with van der Waals surface area (Å²) in [6.07, 6.45) is 0.996. The van der Waals surface area contributed by atoms with Gasteiger partial charge in [0.2, 0.25) is 5.91 Å². The molecule has 1 atom stereocenters. The summed E-state index contributed by atoms with van der Waals surface area (Å²) in [7, 11) is 0. The number of nitrogens with one attached hydrogen (secondary N) is 1. The largest absolute Gasteiger partial charge is 0.393 e. The molecular formula is C10H22N2O2. The Morgan fingerprint density at radius 3 is 2.57 bits per heavy atom. The van der Waals surface area contributed by atoms with E-state index in [1.54, 1.807) is 13.8 Å². The van der Waals surface area contributed by atoms with Gasteiger partial charge >= 0.3 is 0 Å². The van der Waals surface area contributed by atoms with Crippen molar-refractivity contribution in [1.29, 1.82) is 0 Å². The summed E-state index contributed by atoms with van der Waals surface area (Å²) < 4.78 is 0. The standard InChI is InChI=1S/C10H22N2O2/c1-4-8(13)5-6-12-9(14)10(2,3)7-11/h8,13H,4-7,11H2,1-3H3,(H,12,14). The maximum atomic E-state index is 11.5. The molecule has 0 aliphatic rings. The van der Waals surface area contributed by atoms with Gasteiger partial charge in [0.05, 0.1) is 11.5 Å². The second kappa shape index (κ2) is 5.98. The molecule has 4 N–H and O–H groups in total. The summed E-state index contributed by atoms with van der Waals surface area (Å²) in [5.74, 6) is -0.0525. The third-order valence-electron chi connectivity index (χ3n) is 2.36. The Hall–Kier alpha value is -0.610. The number of hydrogen-bond donors (Lipinski definition) is 3. The van der Waals surface area contributed by atoms with Crippen molar-refractivity contribution in [2.45, 2.75) is 39.7 Å². The monoisotopic (exact) mass is 202 g/mol. The molecule has 0 aromatic carbocycles. The maximum Gasteiger partial charge on any atom is 0.226 e.